The van der Waals surface area contributed by atoms with E-state index >= 15 is 0 Å². The molecule has 0 spiro atoms. The summed E-state index contributed by atoms with van der Waals surface area (Å²) < 4.78 is 0. The van der Waals surface area contributed by atoms with Crippen molar-refractivity contribution >= 4 is 39.9 Å². The van der Waals surface area contributed by atoms with Gasteiger partial charge in [-0.15, -0.1) is 0 Å². The predicted molar refractivity (Wildman–Crippen MR) is 90.4 cm³/mol. The molecule has 0 heterocycles. The zero-order chi connectivity index (χ0) is 16.4. The first-order valence-electron chi connectivity index (χ1n) is 7.42. The lowest BCUT2D eigenvalue weighted by molar-refractivity contribution is -0.146. The molecular weight excluding hydrogens is 314 g/mol. The van der Waals surface area contributed by atoms with Crippen LogP contribution in [0, 0.1) is 11.8 Å². The average molecular weight is 330 g/mol. The van der Waals surface area contributed by atoms with Crippen molar-refractivity contribution < 1.29 is 14.7 Å². The molecule has 0 saturated carbocycles. The van der Waals surface area contributed by atoms with Gasteiger partial charge < -0.3 is 10.4 Å². The number of rotatable bonds is 3. The molecule has 5 heteroatoms. The Morgan fingerprint density at radius 3 is 2.61 bits per heavy atom. The number of halogens is 1. The van der Waals surface area contributed by atoms with Gasteiger partial charge in [0.05, 0.1) is 11.8 Å². The molecule has 1 amide bonds. The van der Waals surface area contributed by atoms with Crippen LogP contribution < -0.4 is 5.32 Å². The highest BCUT2D eigenvalue weighted by Crippen LogP contribution is 2.33. The molecule has 3 rings (SSSR count). The maximum absolute atomic E-state index is 12.6. The Hall–Kier alpha value is -2.33. The highest BCUT2D eigenvalue weighted by atomic mass is 35.5. The van der Waals surface area contributed by atoms with Crippen LogP contribution in [0.4, 0.5) is 5.69 Å². The highest BCUT2D eigenvalue weighted by Gasteiger charge is 2.36. The first-order valence-corrected chi connectivity index (χ1v) is 7.80. The Balaban J connectivity index is 1.88. The predicted octanol–water partition coefficient (Wildman–Crippen LogP) is 4.01. The van der Waals surface area contributed by atoms with E-state index in [1.165, 1.54) is 0 Å². The molecular formula is C18H16ClNO3. The largest absolute Gasteiger partial charge is 0.481 e. The van der Waals surface area contributed by atoms with Crippen LogP contribution in [0.25, 0.3) is 10.8 Å². The molecule has 0 aliphatic heterocycles. The second-order valence-corrected chi connectivity index (χ2v) is 6.14. The summed E-state index contributed by atoms with van der Waals surface area (Å²) in [6.45, 7) is 0. The molecule has 118 valence electrons. The SMILES string of the molecule is O=C(O)[C@H]1CC=C(Cl)C[C@H]1C(=O)Nc1cccc2ccccc12. The van der Waals surface area contributed by atoms with Gasteiger partial charge in [-0.3, -0.25) is 9.59 Å². The van der Waals surface area contributed by atoms with E-state index in [0.717, 1.165) is 10.8 Å². The minimum absolute atomic E-state index is 0.259. The van der Waals surface area contributed by atoms with Crippen LogP contribution in [-0.2, 0) is 9.59 Å². The van der Waals surface area contributed by atoms with Crippen molar-refractivity contribution in [1.29, 1.82) is 0 Å². The number of hydrogen-bond acceptors (Lipinski definition) is 2. The molecule has 2 atom stereocenters. The van der Waals surface area contributed by atoms with Gasteiger partial charge in [0.15, 0.2) is 0 Å². The Morgan fingerprint density at radius 1 is 1.09 bits per heavy atom. The summed E-state index contributed by atoms with van der Waals surface area (Å²) in [6.07, 6.45) is 2.22. The van der Waals surface area contributed by atoms with Gasteiger partial charge in [-0.1, -0.05) is 54.1 Å². The van der Waals surface area contributed by atoms with Crippen molar-refractivity contribution in [3.63, 3.8) is 0 Å². The Morgan fingerprint density at radius 2 is 1.83 bits per heavy atom. The first-order chi connectivity index (χ1) is 11.1. The molecule has 2 aromatic rings. The summed E-state index contributed by atoms with van der Waals surface area (Å²) in [5.41, 5.74) is 0.683. The van der Waals surface area contributed by atoms with E-state index in [1.807, 2.05) is 42.5 Å². The maximum atomic E-state index is 12.6. The van der Waals surface area contributed by atoms with E-state index in [4.69, 9.17) is 11.6 Å². The van der Waals surface area contributed by atoms with Gasteiger partial charge in [-0.05, 0) is 24.3 Å². The second kappa shape index (κ2) is 6.42. The summed E-state index contributed by atoms with van der Waals surface area (Å²) in [7, 11) is 0. The van der Waals surface area contributed by atoms with E-state index in [-0.39, 0.29) is 18.7 Å². The molecule has 1 aliphatic carbocycles. The summed E-state index contributed by atoms with van der Waals surface area (Å²) in [5, 5.41) is 14.7. The lowest BCUT2D eigenvalue weighted by atomic mass is 9.82. The molecule has 23 heavy (non-hydrogen) atoms. The topological polar surface area (TPSA) is 66.4 Å². The fourth-order valence-electron chi connectivity index (χ4n) is 2.96. The molecule has 0 unspecified atom stereocenters. The third kappa shape index (κ3) is 3.22. The van der Waals surface area contributed by atoms with Crippen molar-refractivity contribution in [2.45, 2.75) is 12.8 Å². The third-order valence-corrected chi connectivity index (χ3v) is 4.50. The molecule has 0 radical (unpaired) electrons. The number of carbonyl (C=O) groups is 2. The molecule has 2 N–H and O–H groups in total. The minimum Gasteiger partial charge on any atom is -0.481 e. The monoisotopic (exact) mass is 329 g/mol. The van der Waals surface area contributed by atoms with Crippen LogP contribution in [0.3, 0.4) is 0 Å². The molecule has 1 aliphatic rings. The van der Waals surface area contributed by atoms with Crippen molar-refractivity contribution in [2.75, 3.05) is 5.32 Å². The van der Waals surface area contributed by atoms with Crippen molar-refractivity contribution in [2.24, 2.45) is 11.8 Å². The summed E-state index contributed by atoms with van der Waals surface area (Å²) >= 11 is 6.01. The number of carboxylic acids is 1. The minimum atomic E-state index is -0.969. The average Bonchev–Trinajstić information content (AvgIpc) is 2.54. The number of amides is 1. The third-order valence-electron chi connectivity index (χ3n) is 4.20. The van der Waals surface area contributed by atoms with Gasteiger partial charge in [0.25, 0.3) is 0 Å². The fourth-order valence-corrected chi connectivity index (χ4v) is 3.22. The molecule has 0 bridgehead atoms. The highest BCUT2D eigenvalue weighted by molar-refractivity contribution is 6.29. The van der Waals surface area contributed by atoms with E-state index in [9.17, 15) is 14.7 Å². The van der Waals surface area contributed by atoms with Crippen LogP contribution >= 0.6 is 11.6 Å². The van der Waals surface area contributed by atoms with E-state index in [2.05, 4.69) is 5.32 Å². The lowest BCUT2D eigenvalue weighted by Crippen LogP contribution is -2.35. The Kier molecular flexibility index (Phi) is 4.35. The normalized spacial score (nSPS) is 20.8. The first kappa shape index (κ1) is 15.6. The molecule has 2 aromatic carbocycles. The van der Waals surface area contributed by atoms with Crippen LogP contribution in [0.15, 0.2) is 53.6 Å². The van der Waals surface area contributed by atoms with Gasteiger partial charge >= 0.3 is 5.97 Å². The molecule has 0 aromatic heterocycles. The number of aliphatic carboxylic acids is 1. The van der Waals surface area contributed by atoms with Crippen LogP contribution in [0.5, 0.6) is 0 Å². The number of hydrogen-bond donors (Lipinski definition) is 2. The Labute approximate surface area is 138 Å². The van der Waals surface area contributed by atoms with Gasteiger partial charge in [-0.25, -0.2) is 0 Å². The van der Waals surface area contributed by atoms with Crippen molar-refractivity contribution in [1.82, 2.24) is 0 Å². The number of nitrogens with one attached hydrogen (secondary N) is 1. The summed E-state index contributed by atoms with van der Waals surface area (Å²) in [6, 6.07) is 13.4. The van der Waals surface area contributed by atoms with Gasteiger partial charge in [0.1, 0.15) is 0 Å². The summed E-state index contributed by atoms with van der Waals surface area (Å²) in [5.74, 6) is -2.68. The van der Waals surface area contributed by atoms with Crippen LogP contribution in [0.2, 0.25) is 0 Å². The van der Waals surface area contributed by atoms with Crippen LogP contribution in [-0.4, -0.2) is 17.0 Å². The summed E-state index contributed by atoms with van der Waals surface area (Å²) in [4.78, 5) is 24.0. The standard InChI is InChI=1S/C18H16ClNO3/c19-12-8-9-14(18(22)23)15(10-12)17(21)20-16-7-3-5-11-4-1-2-6-13(11)16/h1-8,14-15H,9-10H2,(H,20,21)(H,22,23)/t14-,15+/m0/s1. The smallest absolute Gasteiger partial charge is 0.307 e. The lowest BCUT2D eigenvalue weighted by Gasteiger charge is -2.26. The quantitative estimate of drug-likeness (QED) is 0.894. The fraction of sp³-hybridized carbons (Fsp3) is 0.222. The van der Waals surface area contributed by atoms with E-state index < -0.39 is 17.8 Å². The number of benzene rings is 2. The number of carbonyl (C=O) groups excluding carboxylic acids is 1. The number of allylic oxidation sites excluding steroid dienone is 2. The van der Waals surface area contributed by atoms with Crippen molar-refractivity contribution in [3.8, 4) is 0 Å². The molecule has 4 nitrogen and oxygen atoms in total. The maximum Gasteiger partial charge on any atom is 0.307 e. The van der Waals surface area contributed by atoms with Crippen LogP contribution in [0.1, 0.15) is 12.8 Å². The van der Waals surface area contributed by atoms with Gasteiger partial charge in [-0.2, -0.15) is 0 Å². The molecule has 0 fully saturated rings. The van der Waals surface area contributed by atoms with E-state index in [0.29, 0.717) is 10.7 Å². The Bertz CT molecular complexity index is 794. The number of carboxylic acid groups (broad SMARTS) is 1. The van der Waals surface area contributed by atoms with Gasteiger partial charge in [0.2, 0.25) is 5.91 Å². The number of anilines is 1. The van der Waals surface area contributed by atoms with Crippen molar-refractivity contribution in [3.05, 3.63) is 53.6 Å². The zero-order valence-electron chi connectivity index (χ0n) is 12.3. The van der Waals surface area contributed by atoms with E-state index in [1.54, 1.807) is 6.08 Å². The zero-order valence-corrected chi connectivity index (χ0v) is 13.1. The molecule has 0 saturated heterocycles. The second-order valence-electron chi connectivity index (χ2n) is 5.66. The number of fused-ring (bicyclic) bond motifs is 1. The van der Waals surface area contributed by atoms with Gasteiger partial charge in [0, 0.05) is 16.1 Å².